The van der Waals surface area contributed by atoms with Crippen LogP contribution in [-0.2, 0) is 17.6 Å². The highest BCUT2D eigenvalue weighted by molar-refractivity contribution is 7.80. The third-order valence-electron chi connectivity index (χ3n) is 5.97. The van der Waals surface area contributed by atoms with Gasteiger partial charge in [-0.3, -0.25) is 4.79 Å². The Hall–Kier alpha value is -2.23. The summed E-state index contributed by atoms with van der Waals surface area (Å²) in [5, 5.41) is 8.16. The summed E-state index contributed by atoms with van der Waals surface area (Å²) in [6, 6.07) is 3.34. The Balaban J connectivity index is 1.67. The molecule has 1 atom stereocenters. The maximum absolute atomic E-state index is 13.0. The summed E-state index contributed by atoms with van der Waals surface area (Å²) in [5.41, 5.74) is 9.27. The van der Waals surface area contributed by atoms with Crippen molar-refractivity contribution in [1.82, 2.24) is 14.9 Å². The van der Waals surface area contributed by atoms with Gasteiger partial charge in [-0.05, 0) is 57.7 Å². The van der Waals surface area contributed by atoms with Gasteiger partial charge in [-0.25, -0.2) is 15.5 Å². The molecule has 0 radical (unpaired) electrons. The summed E-state index contributed by atoms with van der Waals surface area (Å²) in [6.07, 6.45) is 3.85. The number of carbonyl (C=O) groups excluding carboxylic acids is 1. The topological polar surface area (TPSA) is 94.3 Å². The summed E-state index contributed by atoms with van der Waals surface area (Å²) in [7, 11) is 1.88. The molecule has 0 bridgehead atoms. The molecule has 2 heterocycles. The Kier molecular flexibility index (Phi) is 6.17. The van der Waals surface area contributed by atoms with Crippen molar-refractivity contribution >= 4 is 68.9 Å². The number of aryl methyl sites for hydroxylation is 1. The Morgan fingerprint density at radius 1 is 1.38 bits per heavy atom. The smallest absolute Gasteiger partial charge is 0.226 e. The number of amides is 1. The van der Waals surface area contributed by atoms with Crippen LogP contribution >= 0.6 is 35.6 Å². The zero-order chi connectivity index (χ0) is 23.2. The van der Waals surface area contributed by atoms with Crippen molar-refractivity contribution in [3.8, 4) is 0 Å². The molecule has 1 aromatic carbocycles. The van der Waals surface area contributed by atoms with Gasteiger partial charge in [0.25, 0.3) is 0 Å². The fourth-order valence-electron chi connectivity index (χ4n) is 3.88. The molecule has 2 aromatic heterocycles. The summed E-state index contributed by atoms with van der Waals surface area (Å²) in [5.74, 6) is 0.846. The molecule has 3 aromatic rings. The largest absolute Gasteiger partial charge is 0.341 e. The summed E-state index contributed by atoms with van der Waals surface area (Å²) in [6.45, 7) is 6.16. The Labute approximate surface area is 201 Å². The monoisotopic (exact) mass is 488 g/mol. The number of hydrogen-bond acceptors (Lipinski definition) is 8. The Morgan fingerprint density at radius 2 is 2.12 bits per heavy atom. The van der Waals surface area contributed by atoms with E-state index in [1.807, 2.05) is 11.9 Å². The zero-order valence-corrected chi connectivity index (χ0v) is 20.8. The van der Waals surface area contributed by atoms with Crippen molar-refractivity contribution in [2.75, 3.05) is 12.4 Å². The molecule has 2 N–H and O–H groups in total. The van der Waals surface area contributed by atoms with Gasteiger partial charge in [-0.15, -0.1) is 24.0 Å². The predicted octanol–water partition coefficient (Wildman–Crippen LogP) is 6.40. The van der Waals surface area contributed by atoms with Crippen LogP contribution in [0.25, 0.3) is 10.2 Å². The van der Waals surface area contributed by atoms with Crippen LogP contribution in [0, 0.1) is 11.4 Å². The van der Waals surface area contributed by atoms with E-state index in [0.29, 0.717) is 27.1 Å². The van der Waals surface area contributed by atoms with E-state index in [1.54, 1.807) is 23.5 Å². The van der Waals surface area contributed by atoms with Crippen molar-refractivity contribution in [3.05, 3.63) is 33.9 Å². The molecule has 0 fully saturated rings. The van der Waals surface area contributed by atoms with Crippen LogP contribution in [0.4, 0.5) is 17.2 Å². The number of hydrogen-bond donors (Lipinski definition) is 3. The lowest BCUT2D eigenvalue weighted by atomic mass is 9.86. The molecule has 7 nitrogen and oxygen atoms in total. The van der Waals surface area contributed by atoms with Gasteiger partial charge in [0, 0.05) is 28.3 Å². The van der Waals surface area contributed by atoms with E-state index in [1.165, 1.54) is 16.8 Å². The number of benzene rings is 1. The maximum Gasteiger partial charge on any atom is 0.226 e. The second kappa shape index (κ2) is 8.61. The first-order chi connectivity index (χ1) is 15.1. The van der Waals surface area contributed by atoms with Crippen molar-refractivity contribution in [3.63, 3.8) is 0 Å². The highest BCUT2D eigenvalue weighted by Gasteiger charge is 2.33. The molecule has 0 saturated heterocycles. The number of anilines is 2. The highest BCUT2D eigenvalue weighted by Crippen LogP contribution is 2.42. The van der Waals surface area contributed by atoms with Gasteiger partial charge < -0.3 is 10.2 Å². The van der Waals surface area contributed by atoms with Gasteiger partial charge in [0.15, 0.2) is 0 Å². The van der Waals surface area contributed by atoms with Crippen LogP contribution in [-0.4, -0.2) is 33.4 Å². The molecular formula is C22H25ClN6OS2. The van der Waals surface area contributed by atoms with E-state index in [9.17, 15) is 4.79 Å². The standard InChI is InChI=1S/C22H25ClN6OS2/c1-22(2,3)29(4)21(30)11-5-6-12-17(7-11)32-20-18(12)19(25-10-26-20)27-14-9-16(31)15(28-24)8-13(14)23/h8-11,24,31H,5-7H2,1-4H3,(H,25,26,27). The van der Waals surface area contributed by atoms with E-state index >= 15 is 0 Å². The average Bonchev–Trinajstić information content (AvgIpc) is 3.13. The minimum absolute atomic E-state index is 0.0218. The van der Waals surface area contributed by atoms with Crippen LogP contribution in [0.3, 0.4) is 0 Å². The summed E-state index contributed by atoms with van der Waals surface area (Å²) >= 11 is 12.4. The number of fused-ring (bicyclic) bond motifs is 3. The maximum atomic E-state index is 13.0. The van der Waals surface area contributed by atoms with Crippen LogP contribution in [0.15, 0.2) is 28.5 Å². The molecule has 1 amide bonds. The average molecular weight is 489 g/mol. The SMILES string of the molecule is CN(C(=O)C1CCc2c(sc3ncnc(Nc4cc(S)c(N=N)cc4Cl)c23)C1)C(C)(C)C. The molecule has 1 aliphatic carbocycles. The third kappa shape index (κ3) is 4.21. The van der Waals surface area contributed by atoms with E-state index in [2.05, 4.69) is 53.8 Å². The van der Waals surface area contributed by atoms with Crippen LogP contribution < -0.4 is 5.32 Å². The minimum atomic E-state index is -0.200. The van der Waals surface area contributed by atoms with Crippen molar-refractivity contribution in [2.24, 2.45) is 11.0 Å². The van der Waals surface area contributed by atoms with E-state index < -0.39 is 0 Å². The lowest BCUT2D eigenvalue weighted by molar-refractivity contribution is -0.138. The number of nitrogens with one attached hydrogen (secondary N) is 2. The highest BCUT2D eigenvalue weighted by atomic mass is 35.5. The normalized spacial score (nSPS) is 16.0. The van der Waals surface area contributed by atoms with Crippen molar-refractivity contribution < 1.29 is 4.79 Å². The number of rotatable bonds is 4. The molecule has 4 rings (SSSR count). The Morgan fingerprint density at radius 3 is 2.81 bits per heavy atom. The van der Waals surface area contributed by atoms with Crippen LogP contribution in [0.5, 0.6) is 0 Å². The molecule has 168 valence electrons. The molecule has 0 aliphatic heterocycles. The van der Waals surface area contributed by atoms with Gasteiger partial charge in [0.05, 0.1) is 21.8 Å². The van der Waals surface area contributed by atoms with Crippen molar-refractivity contribution in [1.29, 1.82) is 5.53 Å². The van der Waals surface area contributed by atoms with Gasteiger partial charge in [-0.2, -0.15) is 5.11 Å². The second-order valence-corrected chi connectivity index (χ2v) is 10.9. The first-order valence-corrected chi connectivity index (χ1v) is 11.9. The van der Waals surface area contributed by atoms with Gasteiger partial charge in [-0.1, -0.05) is 11.6 Å². The molecule has 1 aliphatic rings. The molecule has 0 saturated carbocycles. The molecule has 10 heteroatoms. The first kappa shape index (κ1) is 22.9. The summed E-state index contributed by atoms with van der Waals surface area (Å²) in [4.78, 5) is 26.5. The lowest BCUT2D eigenvalue weighted by Crippen LogP contribution is -2.46. The Bertz CT molecular complexity index is 1220. The number of aromatic nitrogens is 2. The predicted molar refractivity (Wildman–Crippen MR) is 132 cm³/mol. The fourth-order valence-corrected chi connectivity index (χ4v) is 5.60. The molecule has 32 heavy (non-hydrogen) atoms. The van der Waals surface area contributed by atoms with Crippen LogP contribution in [0.2, 0.25) is 5.02 Å². The van der Waals surface area contributed by atoms with Gasteiger partial charge in [0.1, 0.15) is 17.0 Å². The second-order valence-electron chi connectivity index (χ2n) is 8.97. The first-order valence-electron chi connectivity index (χ1n) is 10.3. The molecular weight excluding hydrogens is 464 g/mol. The molecule has 1 unspecified atom stereocenters. The molecule has 0 spiro atoms. The third-order valence-corrected chi connectivity index (χ3v) is 7.80. The van der Waals surface area contributed by atoms with Crippen molar-refractivity contribution in [2.45, 2.75) is 50.5 Å². The number of nitrogens with zero attached hydrogens (tertiary/aromatic N) is 4. The lowest BCUT2D eigenvalue weighted by Gasteiger charge is -2.35. The minimum Gasteiger partial charge on any atom is -0.341 e. The number of thiol groups is 1. The van der Waals surface area contributed by atoms with E-state index in [0.717, 1.165) is 29.5 Å². The van der Waals surface area contributed by atoms with Gasteiger partial charge in [0.2, 0.25) is 5.91 Å². The number of halogens is 1. The fraction of sp³-hybridized carbons (Fsp3) is 0.409. The number of thiophene rings is 1. The van der Waals surface area contributed by atoms with Crippen LogP contribution in [0.1, 0.15) is 37.6 Å². The van der Waals surface area contributed by atoms with E-state index in [-0.39, 0.29) is 17.4 Å². The number of carbonyl (C=O) groups is 1. The summed E-state index contributed by atoms with van der Waals surface area (Å²) < 4.78 is 0. The van der Waals surface area contributed by atoms with E-state index in [4.69, 9.17) is 17.1 Å². The quantitative estimate of drug-likeness (QED) is 0.292. The van der Waals surface area contributed by atoms with Gasteiger partial charge >= 0.3 is 0 Å². The zero-order valence-electron chi connectivity index (χ0n) is 18.4.